The number of imidazole rings is 1. The first-order valence-corrected chi connectivity index (χ1v) is 15.3. The van der Waals surface area contributed by atoms with Crippen molar-refractivity contribution >= 4 is 39.6 Å². The molecule has 43 heavy (non-hydrogen) atoms. The topological polar surface area (TPSA) is 110 Å². The SMILES string of the molecule is CCCCc1nc2c(N)nc3ccccc3c2n1CCCN(Cc1cccc(C(=O)OC)c1)C(=O)CN1CCN(C)CC1. The largest absolute Gasteiger partial charge is 0.465 e. The van der Waals surface area contributed by atoms with Gasteiger partial charge >= 0.3 is 5.97 Å². The molecule has 5 rings (SSSR count). The molecule has 0 atom stereocenters. The summed E-state index contributed by atoms with van der Waals surface area (Å²) in [7, 11) is 3.49. The molecule has 0 radical (unpaired) electrons. The van der Waals surface area contributed by atoms with Gasteiger partial charge in [0, 0.05) is 57.6 Å². The van der Waals surface area contributed by atoms with Gasteiger partial charge in [0.15, 0.2) is 5.82 Å². The van der Waals surface area contributed by atoms with Crippen LogP contribution in [0.4, 0.5) is 5.82 Å². The number of unbranched alkanes of at least 4 members (excludes halogenated alkanes) is 1. The van der Waals surface area contributed by atoms with Crippen molar-refractivity contribution in [3.05, 3.63) is 65.5 Å². The molecule has 0 bridgehead atoms. The number of benzene rings is 2. The van der Waals surface area contributed by atoms with Crippen LogP contribution >= 0.6 is 0 Å². The zero-order valence-electron chi connectivity index (χ0n) is 25.6. The van der Waals surface area contributed by atoms with Crippen LogP contribution in [0.15, 0.2) is 48.5 Å². The minimum Gasteiger partial charge on any atom is -0.465 e. The fourth-order valence-corrected chi connectivity index (χ4v) is 5.82. The van der Waals surface area contributed by atoms with Crippen molar-refractivity contribution in [1.82, 2.24) is 29.2 Å². The van der Waals surface area contributed by atoms with Gasteiger partial charge in [-0.25, -0.2) is 14.8 Å². The van der Waals surface area contributed by atoms with E-state index < -0.39 is 0 Å². The number of hydrogen-bond acceptors (Lipinski definition) is 8. The van der Waals surface area contributed by atoms with E-state index in [9.17, 15) is 9.59 Å². The molecular weight excluding hydrogens is 542 g/mol. The molecule has 1 fully saturated rings. The van der Waals surface area contributed by atoms with Crippen LogP contribution in [0.25, 0.3) is 21.9 Å². The smallest absolute Gasteiger partial charge is 0.337 e. The summed E-state index contributed by atoms with van der Waals surface area (Å²) >= 11 is 0. The molecule has 4 aromatic rings. The first-order valence-electron chi connectivity index (χ1n) is 15.3. The summed E-state index contributed by atoms with van der Waals surface area (Å²) in [5.41, 5.74) is 10.4. The number of piperazine rings is 1. The van der Waals surface area contributed by atoms with Gasteiger partial charge in [0.25, 0.3) is 0 Å². The molecule has 0 saturated carbocycles. The number of ether oxygens (including phenoxy) is 1. The summed E-state index contributed by atoms with van der Waals surface area (Å²) in [5.74, 6) is 1.15. The lowest BCUT2D eigenvalue weighted by molar-refractivity contribution is -0.133. The number of esters is 1. The van der Waals surface area contributed by atoms with Crippen molar-refractivity contribution in [1.29, 1.82) is 0 Å². The van der Waals surface area contributed by atoms with E-state index >= 15 is 0 Å². The van der Waals surface area contributed by atoms with Crippen LogP contribution in [0.5, 0.6) is 0 Å². The van der Waals surface area contributed by atoms with E-state index in [0.29, 0.717) is 37.6 Å². The number of hydrogen-bond donors (Lipinski definition) is 1. The summed E-state index contributed by atoms with van der Waals surface area (Å²) in [5, 5.41) is 1.03. The van der Waals surface area contributed by atoms with E-state index in [1.807, 2.05) is 41.3 Å². The first kappa shape index (κ1) is 30.4. The van der Waals surface area contributed by atoms with E-state index in [-0.39, 0.29) is 11.9 Å². The van der Waals surface area contributed by atoms with E-state index in [1.165, 1.54) is 7.11 Å². The van der Waals surface area contributed by atoms with Crippen molar-refractivity contribution < 1.29 is 14.3 Å². The Morgan fingerprint density at radius 3 is 2.58 bits per heavy atom. The normalized spacial score (nSPS) is 14.4. The highest BCUT2D eigenvalue weighted by atomic mass is 16.5. The van der Waals surface area contributed by atoms with Crippen LogP contribution < -0.4 is 5.73 Å². The third-order valence-electron chi connectivity index (χ3n) is 8.28. The summed E-state index contributed by atoms with van der Waals surface area (Å²) in [6.45, 7) is 7.90. The van der Waals surface area contributed by atoms with E-state index in [2.05, 4.69) is 39.4 Å². The van der Waals surface area contributed by atoms with Crippen LogP contribution in [0.2, 0.25) is 0 Å². The summed E-state index contributed by atoms with van der Waals surface area (Å²) in [6, 6.07) is 15.4. The number of anilines is 1. The van der Waals surface area contributed by atoms with Gasteiger partial charge in [0.05, 0.1) is 30.3 Å². The number of carbonyl (C=O) groups is 2. The molecule has 1 amide bonds. The minimum atomic E-state index is -0.384. The fraction of sp³-hybridized carbons (Fsp3) is 0.455. The van der Waals surface area contributed by atoms with Crippen LogP contribution in [-0.4, -0.2) is 94.5 Å². The number of nitrogens with two attached hydrogens (primary N) is 1. The van der Waals surface area contributed by atoms with Crippen molar-refractivity contribution in [2.75, 3.05) is 59.2 Å². The number of likely N-dealkylation sites (N-methyl/N-ethyl adjacent to an activating group) is 1. The second-order valence-corrected chi connectivity index (χ2v) is 11.4. The third-order valence-corrected chi connectivity index (χ3v) is 8.28. The average Bonchev–Trinajstić information content (AvgIpc) is 3.39. The van der Waals surface area contributed by atoms with Crippen molar-refractivity contribution in [2.24, 2.45) is 0 Å². The van der Waals surface area contributed by atoms with Gasteiger partial charge in [-0.2, -0.15) is 0 Å². The lowest BCUT2D eigenvalue weighted by Crippen LogP contribution is -2.49. The Morgan fingerprint density at radius 2 is 1.81 bits per heavy atom. The molecule has 228 valence electrons. The number of nitrogen functional groups attached to an aromatic ring is 1. The average molecular weight is 586 g/mol. The lowest BCUT2D eigenvalue weighted by atomic mass is 10.1. The number of nitrogens with zero attached hydrogens (tertiary/aromatic N) is 6. The molecule has 1 aliphatic rings. The third kappa shape index (κ3) is 7.14. The maximum Gasteiger partial charge on any atom is 0.337 e. The maximum atomic E-state index is 13.7. The number of aryl methyl sites for hydroxylation is 2. The highest BCUT2D eigenvalue weighted by Gasteiger charge is 2.22. The van der Waals surface area contributed by atoms with Gasteiger partial charge in [0.2, 0.25) is 5.91 Å². The Labute approximate surface area is 253 Å². The van der Waals surface area contributed by atoms with Crippen LogP contribution in [-0.2, 0) is 29.0 Å². The maximum absolute atomic E-state index is 13.7. The Bertz CT molecular complexity index is 1580. The predicted octanol–water partition coefficient (Wildman–Crippen LogP) is 3.96. The van der Waals surface area contributed by atoms with Crippen LogP contribution in [0.1, 0.15) is 47.9 Å². The molecule has 3 heterocycles. The Morgan fingerprint density at radius 1 is 1.02 bits per heavy atom. The van der Waals surface area contributed by atoms with E-state index in [0.717, 1.165) is 85.2 Å². The van der Waals surface area contributed by atoms with Gasteiger partial charge < -0.3 is 24.8 Å². The molecule has 2 aromatic carbocycles. The Kier molecular flexibility index (Phi) is 9.89. The summed E-state index contributed by atoms with van der Waals surface area (Å²) < 4.78 is 7.20. The molecule has 1 aliphatic heterocycles. The first-order chi connectivity index (χ1) is 20.9. The van der Waals surface area contributed by atoms with Crippen LogP contribution in [0, 0.1) is 0 Å². The lowest BCUT2D eigenvalue weighted by Gasteiger charge is -2.33. The predicted molar refractivity (Wildman–Crippen MR) is 170 cm³/mol. The minimum absolute atomic E-state index is 0.0913. The molecule has 10 heteroatoms. The highest BCUT2D eigenvalue weighted by Crippen LogP contribution is 2.29. The molecule has 2 N–H and O–H groups in total. The molecule has 0 aliphatic carbocycles. The second kappa shape index (κ2) is 14.0. The number of aromatic nitrogens is 3. The number of para-hydroxylation sites is 1. The Balaban J connectivity index is 1.40. The molecule has 0 unspecified atom stereocenters. The highest BCUT2D eigenvalue weighted by molar-refractivity contribution is 6.06. The molecule has 1 saturated heterocycles. The number of carbonyl (C=O) groups excluding carboxylic acids is 2. The van der Waals surface area contributed by atoms with Crippen LogP contribution in [0.3, 0.4) is 0 Å². The number of rotatable bonds is 12. The van der Waals surface area contributed by atoms with Crippen molar-refractivity contribution in [2.45, 2.75) is 45.7 Å². The molecule has 0 spiro atoms. The summed E-state index contributed by atoms with van der Waals surface area (Å²) in [4.78, 5) is 41.9. The Hall–Kier alpha value is -4.02. The van der Waals surface area contributed by atoms with Gasteiger partial charge in [-0.3, -0.25) is 9.69 Å². The molecule has 2 aromatic heterocycles. The number of pyridine rings is 1. The zero-order chi connectivity index (χ0) is 30.3. The number of methoxy groups -OCH3 is 1. The van der Waals surface area contributed by atoms with Crippen molar-refractivity contribution in [3.8, 4) is 0 Å². The van der Waals surface area contributed by atoms with Gasteiger partial charge in [-0.05, 0) is 43.7 Å². The fourth-order valence-electron chi connectivity index (χ4n) is 5.82. The zero-order valence-corrected chi connectivity index (χ0v) is 25.6. The van der Waals surface area contributed by atoms with E-state index in [1.54, 1.807) is 6.07 Å². The summed E-state index contributed by atoms with van der Waals surface area (Å²) in [6.07, 6.45) is 3.69. The molecule has 10 nitrogen and oxygen atoms in total. The number of amides is 1. The van der Waals surface area contributed by atoms with Gasteiger partial charge in [-0.1, -0.05) is 43.7 Å². The quantitative estimate of drug-likeness (QED) is 0.249. The second-order valence-electron chi connectivity index (χ2n) is 11.4. The number of fused-ring (bicyclic) bond motifs is 3. The van der Waals surface area contributed by atoms with Crippen molar-refractivity contribution in [3.63, 3.8) is 0 Å². The van der Waals surface area contributed by atoms with Gasteiger partial charge in [-0.15, -0.1) is 0 Å². The van der Waals surface area contributed by atoms with Gasteiger partial charge in [0.1, 0.15) is 11.3 Å². The van der Waals surface area contributed by atoms with E-state index in [4.69, 9.17) is 15.5 Å². The monoisotopic (exact) mass is 585 g/mol. The standard InChI is InChI=1S/C33H43N7O3/c1-4-5-14-28-36-30-31(26-12-6-7-13-27(26)35-32(30)34)40(28)16-9-15-39(29(41)23-38-19-17-37(2)18-20-38)22-24-10-8-11-25(21-24)33(42)43-3/h6-8,10-13,21H,4-5,9,14-20,22-23H2,1-3H3,(H2,34,35). The molecular formula is C33H43N7O3.